The number of amides is 1. The summed E-state index contributed by atoms with van der Waals surface area (Å²) in [7, 11) is 1.76. The van der Waals surface area contributed by atoms with E-state index in [0.717, 1.165) is 5.69 Å². The van der Waals surface area contributed by atoms with Crippen LogP contribution >= 0.6 is 0 Å². The fraction of sp³-hybridized carbons (Fsp3) is 0.643. The number of carbonyl (C=O) groups is 2. The van der Waals surface area contributed by atoms with Crippen LogP contribution in [-0.4, -0.2) is 33.3 Å². The highest BCUT2D eigenvalue weighted by Crippen LogP contribution is 2.25. The number of nitrogens with zero attached hydrogens (tertiary/aromatic N) is 2. The molecule has 0 aliphatic carbocycles. The number of rotatable bonds is 7. The standard InChI is InChI=1S/C14H23N3O3/c1-5-11-10(8-17(4)16-11)12(18)15-9-14(6-2,7-3)13(19)20/h8H,5-7,9H2,1-4H3,(H,15,18)(H,19,20). The van der Waals surface area contributed by atoms with Crippen LogP contribution in [0.15, 0.2) is 6.20 Å². The Kier molecular flexibility index (Phi) is 5.30. The summed E-state index contributed by atoms with van der Waals surface area (Å²) >= 11 is 0. The van der Waals surface area contributed by atoms with E-state index in [1.807, 2.05) is 20.8 Å². The molecule has 1 amide bonds. The van der Waals surface area contributed by atoms with Crippen LogP contribution in [0.4, 0.5) is 0 Å². The number of aromatic nitrogens is 2. The summed E-state index contributed by atoms with van der Waals surface area (Å²) in [6.45, 7) is 5.71. The number of carboxylic acids is 1. The van der Waals surface area contributed by atoms with E-state index in [-0.39, 0.29) is 12.5 Å². The minimum Gasteiger partial charge on any atom is -0.481 e. The summed E-state index contributed by atoms with van der Waals surface area (Å²) < 4.78 is 1.60. The third-order valence-electron chi connectivity index (χ3n) is 3.88. The Morgan fingerprint density at radius 3 is 2.40 bits per heavy atom. The van der Waals surface area contributed by atoms with E-state index in [1.165, 1.54) is 0 Å². The van der Waals surface area contributed by atoms with Gasteiger partial charge in [-0.25, -0.2) is 0 Å². The third-order valence-corrected chi connectivity index (χ3v) is 3.88. The molecule has 112 valence electrons. The summed E-state index contributed by atoms with van der Waals surface area (Å²) in [5.74, 6) is -1.13. The Morgan fingerprint density at radius 2 is 1.95 bits per heavy atom. The molecule has 2 N–H and O–H groups in total. The minimum absolute atomic E-state index is 0.131. The lowest BCUT2D eigenvalue weighted by atomic mass is 9.82. The van der Waals surface area contributed by atoms with Crippen LogP contribution in [0, 0.1) is 5.41 Å². The molecule has 1 rings (SSSR count). The zero-order chi connectivity index (χ0) is 15.3. The first-order chi connectivity index (χ1) is 9.40. The molecule has 6 nitrogen and oxygen atoms in total. The number of hydrogen-bond acceptors (Lipinski definition) is 3. The topological polar surface area (TPSA) is 84.2 Å². The Labute approximate surface area is 119 Å². The van der Waals surface area contributed by atoms with E-state index >= 15 is 0 Å². The van der Waals surface area contributed by atoms with Gasteiger partial charge in [-0.3, -0.25) is 14.3 Å². The monoisotopic (exact) mass is 281 g/mol. The minimum atomic E-state index is -0.899. The molecule has 0 spiro atoms. The third kappa shape index (κ3) is 3.18. The maximum atomic E-state index is 12.2. The van der Waals surface area contributed by atoms with Gasteiger partial charge in [-0.15, -0.1) is 0 Å². The Hall–Kier alpha value is -1.85. The van der Waals surface area contributed by atoms with E-state index in [0.29, 0.717) is 24.8 Å². The number of hydrogen-bond donors (Lipinski definition) is 2. The van der Waals surface area contributed by atoms with Crippen LogP contribution in [0.3, 0.4) is 0 Å². The lowest BCUT2D eigenvalue weighted by molar-refractivity contribution is -0.149. The van der Waals surface area contributed by atoms with Crippen LogP contribution < -0.4 is 5.32 Å². The SMILES string of the molecule is CCc1nn(C)cc1C(=O)NCC(CC)(CC)C(=O)O. The quantitative estimate of drug-likeness (QED) is 0.795. The normalized spacial score (nSPS) is 11.4. The number of carboxylic acid groups (broad SMARTS) is 1. The number of aliphatic carboxylic acids is 1. The van der Waals surface area contributed by atoms with Crippen molar-refractivity contribution < 1.29 is 14.7 Å². The van der Waals surface area contributed by atoms with Gasteiger partial charge >= 0.3 is 5.97 Å². The van der Waals surface area contributed by atoms with E-state index in [1.54, 1.807) is 17.9 Å². The molecule has 1 heterocycles. The van der Waals surface area contributed by atoms with Gasteiger partial charge in [-0.1, -0.05) is 20.8 Å². The summed E-state index contributed by atoms with van der Waals surface area (Å²) in [5.41, 5.74) is 0.338. The lowest BCUT2D eigenvalue weighted by Crippen LogP contribution is -2.42. The van der Waals surface area contributed by atoms with Gasteiger partial charge in [0.05, 0.1) is 16.7 Å². The molecule has 0 radical (unpaired) electrons. The molecule has 0 atom stereocenters. The van der Waals surface area contributed by atoms with Crippen molar-refractivity contribution in [3.8, 4) is 0 Å². The van der Waals surface area contributed by atoms with Crippen molar-refractivity contribution in [2.24, 2.45) is 12.5 Å². The van der Waals surface area contributed by atoms with Crippen LogP contribution in [-0.2, 0) is 18.3 Å². The predicted molar refractivity (Wildman–Crippen MR) is 75.6 cm³/mol. The fourth-order valence-corrected chi connectivity index (χ4v) is 2.21. The zero-order valence-corrected chi connectivity index (χ0v) is 12.6. The maximum absolute atomic E-state index is 12.2. The van der Waals surface area contributed by atoms with E-state index < -0.39 is 11.4 Å². The molecule has 0 unspecified atom stereocenters. The first-order valence-electron chi connectivity index (χ1n) is 6.94. The Morgan fingerprint density at radius 1 is 1.35 bits per heavy atom. The predicted octanol–water partition coefficient (Wildman–Crippen LogP) is 1.60. The van der Waals surface area contributed by atoms with Gasteiger partial charge in [0.25, 0.3) is 5.91 Å². The highest BCUT2D eigenvalue weighted by atomic mass is 16.4. The van der Waals surface area contributed by atoms with Gasteiger partial charge in [0, 0.05) is 19.8 Å². The van der Waals surface area contributed by atoms with E-state index in [2.05, 4.69) is 10.4 Å². The van der Waals surface area contributed by atoms with Crippen molar-refractivity contribution in [2.75, 3.05) is 6.54 Å². The largest absolute Gasteiger partial charge is 0.481 e. The molecule has 20 heavy (non-hydrogen) atoms. The lowest BCUT2D eigenvalue weighted by Gasteiger charge is -2.26. The second-order valence-corrected chi connectivity index (χ2v) is 4.99. The summed E-state index contributed by atoms with van der Waals surface area (Å²) in [4.78, 5) is 23.6. The van der Waals surface area contributed by atoms with Crippen molar-refractivity contribution >= 4 is 11.9 Å². The molecule has 1 aromatic heterocycles. The van der Waals surface area contributed by atoms with Crippen molar-refractivity contribution in [3.63, 3.8) is 0 Å². The Balaban J connectivity index is 2.83. The van der Waals surface area contributed by atoms with Crippen LogP contribution in [0.1, 0.15) is 49.7 Å². The fourth-order valence-electron chi connectivity index (χ4n) is 2.21. The molecule has 0 fully saturated rings. The van der Waals surface area contributed by atoms with E-state index in [9.17, 15) is 14.7 Å². The summed E-state index contributed by atoms with van der Waals surface area (Å²) in [6.07, 6.45) is 3.28. The average Bonchev–Trinajstić information content (AvgIpc) is 2.81. The molecular weight excluding hydrogens is 258 g/mol. The van der Waals surface area contributed by atoms with Gasteiger partial charge < -0.3 is 10.4 Å². The number of nitrogens with one attached hydrogen (secondary N) is 1. The first-order valence-corrected chi connectivity index (χ1v) is 6.94. The van der Waals surface area contributed by atoms with Crippen molar-refractivity contribution in [3.05, 3.63) is 17.5 Å². The highest BCUT2D eigenvalue weighted by molar-refractivity contribution is 5.95. The van der Waals surface area contributed by atoms with Crippen LogP contribution in [0.25, 0.3) is 0 Å². The number of carbonyl (C=O) groups excluding carboxylic acids is 1. The molecule has 0 aromatic carbocycles. The van der Waals surface area contributed by atoms with E-state index in [4.69, 9.17) is 0 Å². The van der Waals surface area contributed by atoms with Gasteiger partial charge in [0.1, 0.15) is 0 Å². The molecular formula is C14H23N3O3. The smallest absolute Gasteiger partial charge is 0.311 e. The average molecular weight is 281 g/mol. The van der Waals surface area contributed by atoms with Gasteiger partial charge in [-0.05, 0) is 19.3 Å². The van der Waals surface area contributed by atoms with Gasteiger partial charge in [0.15, 0.2) is 0 Å². The second-order valence-electron chi connectivity index (χ2n) is 4.99. The maximum Gasteiger partial charge on any atom is 0.311 e. The molecule has 0 saturated heterocycles. The molecule has 0 bridgehead atoms. The van der Waals surface area contributed by atoms with Crippen molar-refractivity contribution in [1.29, 1.82) is 0 Å². The molecule has 0 aliphatic rings. The number of aryl methyl sites for hydroxylation is 2. The van der Waals surface area contributed by atoms with Crippen molar-refractivity contribution in [1.82, 2.24) is 15.1 Å². The molecule has 1 aromatic rings. The van der Waals surface area contributed by atoms with Crippen molar-refractivity contribution in [2.45, 2.75) is 40.0 Å². The molecule has 0 saturated carbocycles. The van der Waals surface area contributed by atoms with Gasteiger partial charge in [-0.2, -0.15) is 5.10 Å². The molecule has 0 aliphatic heterocycles. The van der Waals surface area contributed by atoms with Crippen LogP contribution in [0.2, 0.25) is 0 Å². The van der Waals surface area contributed by atoms with Gasteiger partial charge in [0.2, 0.25) is 0 Å². The first kappa shape index (κ1) is 16.2. The molecule has 6 heteroatoms. The Bertz CT molecular complexity index is 490. The summed E-state index contributed by atoms with van der Waals surface area (Å²) in [6, 6.07) is 0. The second kappa shape index (κ2) is 6.54. The zero-order valence-electron chi connectivity index (χ0n) is 12.6. The summed E-state index contributed by atoms with van der Waals surface area (Å²) in [5, 5.41) is 16.3. The van der Waals surface area contributed by atoms with Crippen LogP contribution in [0.5, 0.6) is 0 Å². The highest BCUT2D eigenvalue weighted by Gasteiger charge is 2.35.